The van der Waals surface area contributed by atoms with Crippen molar-refractivity contribution in [1.29, 1.82) is 0 Å². The van der Waals surface area contributed by atoms with Gasteiger partial charge in [0.05, 0.1) is 6.04 Å². The van der Waals surface area contributed by atoms with Crippen molar-refractivity contribution in [2.24, 2.45) is 0 Å². The van der Waals surface area contributed by atoms with Crippen LogP contribution in [0, 0.1) is 6.92 Å². The minimum absolute atomic E-state index is 0.0926. The summed E-state index contributed by atoms with van der Waals surface area (Å²) in [7, 11) is 0. The van der Waals surface area contributed by atoms with Crippen LogP contribution in [-0.2, 0) is 0 Å². The first-order valence-corrected chi connectivity index (χ1v) is 9.65. The minimum Gasteiger partial charge on any atom is -0.363 e. The molecule has 0 aliphatic carbocycles. The molecule has 1 aliphatic rings. The molecule has 0 saturated carbocycles. The van der Waals surface area contributed by atoms with Crippen molar-refractivity contribution in [3.05, 3.63) is 76.4 Å². The first kappa shape index (κ1) is 20.3. The molecule has 0 spiro atoms. The van der Waals surface area contributed by atoms with Gasteiger partial charge in [-0.25, -0.2) is 4.68 Å². The fourth-order valence-corrected chi connectivity index (χ4v) is 3.64. The van der Waals surface area contributed by atoms with Gasteiger partial charge in [0.25, 0.3) is 5.91 Å². The largest absolute Gasteiger partial charge is 0.410 e. The lowest BCUT2D eigenvalue weighted by atomic mass is 9.97. The highest BCUT2D eigenvalue weighted by Gasteiger charge is 2.46. The Balaban J connectivity index is 1.64. The summed E-state index contributed by atoms with van der Waals surface area (Å²) in [6.07, 6.45) is -4.77. The van der Waals surface area contributed by atoms with Crippen molar-refractivity contribution in [3.63, 3.8) is 0 Å². The molecule has 30 heavy (non-hydrogen) atoms. The smallest absolute Gasteiger partial charge is 0.363 e. The number of hydrogen-bond acceptors (Lipinski definition) is 3. The van der Waals surface area contributed by atoms with E-state index in [1.165, 1.54) is 6.07 Å². The molecule has 3 aromatic rings. The summed E-state index contributed by atoms with van der Waals surface area (Å²) in [6.45, 7) is 1.87. The summed E-state index contributed by atoms with van der Waals surface area (Å²) in [5.41, 5.74) is 2.07. The summed E-state index contributed by atoms with van der Waals surface area (Å²) < 4.78 is 42.1. The molecule has 1 aromatic heterocycles. The lowest BCUT2D eigenvalue weighted by Gasteiger charge is -2.33. The van der Waals surface area contributed by atoms with Gasteiger partial charge in [-0.3, -0.25) is 4.79 Å². The van der Waals surface area contributed by atoms with Crippen LogP contribution in [0.4, 0.5) is 24.7 Å². The minimum atomic E-state index is -4.52. The zero-order chi connectivity index (χ0) is 21.5. The van der Waals surface area contributed by atoms with Crippen molar-refractivity contribution < 1.29 is 18.0 Å². The topological polar surface area (TPSA) is 59.0 Å². The Morgan fingerprint density at radius 2 is 1.93 bits per heavy atom. The van der Waals surface area contributed by atoms with Crippen LogP contribution in [0.25, 0.3) is 0 Å². The van der Waals surface area contributed by atoms with Gasteiger partial charge in [-0.2, -0.15) is 18.3 Å². The third-order valence-corrected chi connectivity index (χ3v) is 5.22. The summed E-state index contributed by atoms with van der Waals surface area (Å²) in [6, 6.07) is 12.7. The van der Waals surface area contributed by atoms with E-state index in [4.69, 9.17) is 11.6 Å². The Hall–Kier alpha value is -3.00. The van der Waals surface area contributed by atoms with E-state index in [-0.39, 0.29) is 17.9 Å². The molecule has 156 valence electrons. The van der Waals surface area contributed by atoms with Gasteiger partial charge in [-0.1, -0.05) is 35.9 Å². The highest BCUT2D eigenvalue weighted by atomic mass is 35.5. The number of nitrogens with zero attached hydrogens (tertiary/aromatic N) is 2. The molecular weight excluding hydrogens is 417 g/mol. The van der Waals surface area contributed by atoms with Crippen molar-refractivity contribution in [2.75, 3.05) is 10.6 Å². The second kappa shape index (κ2) is 7.68. The molecule has 2 unspecified atom stereocenters. The maximum atomic E-state index is 13.8. The molecule has 2 aromatic carbocycles. The fraction of sp³-hybridized carbons (Fsp3) is 0.238. The number of aryl methyl sites for hydroxylation is 1. The molecule has 1 aliphatic heterocycles. The average molecular weight is 435 g/mol. The van der Waals surface area contributed by atoms with Gasteiger partial charge >= 0.3 is 6.18 Å². The number of amides is 1. The number of alkyl halides is 3. The number of fused-ring (bicyclic) bond motifs is 1. The molecule has 2 atom stereocenters. The Morgan fingerprint density at radius 3 is 2.60 bits per heavy atom. The monoisotopic (exact) mass is 434 g/mol. The molecule has 2 heterocycles. The van der Waals surface area contributed by atoms with Crippen LogP contribution in [0.2, 0.25) is 5.02 Å². The zero-order valence-corrected chi connectivity index (χ0v) is 16.6. The van der Waals surface area contributed by atoms with E-state index in [0.29, 0.717) is 16.3 Å². The van der Waals surface area contributed by atoms with Crippen LogP contribution in [0.15, 0.2) is 54.6 Å². The van der Waals surface area contributed by atoms with E-state index in [0.717, 1.165) is 10.2 Å². The van der Waals surface area contributed by atoms with E-state index < -0.39 is 24.2 Å². The quantitative estimate of drug-likeness (QED) is 0.551. The second-order valence-electron chi connectivity index (χ2n) is 7.22. The van der Waals surface area contributed by atoms with E-state index in [2.05, 4.69) is 15.7 Å². The number of hydrogen-bond donors (Lipinski definition) is 2. The third-order valence-electron chi connectivity index (χ3n) is 4.97. The van der Waals surface area contributed by atoms with Gasteiger partial charge in [0.2, 0.25) is 0 Å². The van der Waals surface area contributed by atoms with E-state index in [9.17, 15) is 18.0 Å². The van der Waals surface area contributed by atoms with Crippen molar-refractivity contribution in [1.82, 2.24) is 9.78 Å². The van der Waals surface area contributed by atoms with Gasteiger partial charge in [0.15, 0.2) is 11.7 Å². The molecule has 5 nitrogen and oxygen atoms in total. The standard InChI is InChI=1S/C21H18ClF3N4O/c1-12-3-2-4-15(9-12)26-20(30)17-11-19-27-16(13-5-7-14(22)8-6-13)10-18(21(23,24)25)29(19)28-17/h2-9,11,16,18,27H,10H2,1H3,(H,26,30). The number of halogens is 4. The zero-order valence-electron chi connectivity index (χ0n) is 15.9. The molecule has 1 amide bonds. The first-order chi connectivity index (χ1) is 14.2. The van der Waals surface area contributed by atoms with Gasteiger partial charge in [-0.05, 0) is 42.3 Å². The molecule has 0 fully saturated rings. The van der Waals surface area contributed by atoms with E-state index in [1.807, 2.05) is 13.0 Å². The van der Waals surface area contributed by atoms with Crippen molar-refractivity contribution >= 4 is 29.0 Å². The number of carbonyl (C=O) groups excluding carboxylic acids is 1. The number of carbonyl (C=O) groups is 1. The SMILES string of the molecule is Cc1cccc(NC(=O)c2cc3n(n2)C(C(F)(F)F)CC(c2ccc(Cl)cc2)N3)c1. The van der Waals surface area contributed by atoms with Crippen LogP contribution < -0.4 is 10.6 Å². The molecule has 0 bridgehead atoms. The van der Waals surface area contributed by atoms with E-state index in [1.54, 1.807) is 42.5 Å². The number of benzene rings is 2. The third kappa shape index (κ3) is 4.14. The second-order valence-corrected chi connectivity index (χ2v) is 7.66. The molecule has 4 rings (SSSR count). The Kier molecular flexibility index (Phi) is 5.19. The summed E-state index contributed by atoms with van der Waals surface area (Å²) in [4.78, 5) is 12.6. The Labute approximate surface area is 175 Å². The van der Waals surface area contributed by atoms with Crippen molar-refractivity contribution in [3.8, 4) is 0 Å². The lowest BCUT2D eigenvalue weighted by Crippen LogP contribution is -2.35. The molecule has 0 radical (unpaired) electrons. The predicted octanol–water partition coefficient (Wildman–Crippen LogP) is 5.76. The Morgan fingerprint density at radius 1 is 1.20 bits per heavy atom. The Bertz CT molecular complexity index is 1080. The molecular formula is C21H18ClF3N4O. The predicted molar refractivity (Wildman–Crippen MR) is 109 cm³/mol. The number of aromatic nitrogens is 2. The highest BCUT2D eigenvalue weighted by Crippen LogP contribution is 2.43. The van der Waals surface area contributed by atoms with E-state index >= 15 is 0 Å². The molecule has 9 heteroatoms. The highest BCUT2D eigenvalue weighted by molar-refractivity contribution is 6.30. The number of anilines is 2. The van der Waals surface area contributed by atoms with Gasteiger partial charge in [0.1, 0.15) is 5.82 Å². The number of rotatable bonds is 3. The van der Waals surface area contributed by atoms with Crippen LogP contribution >= 0.6 is 11.6 Å². The lowest BCUT2D eigenvalue weighted by molar-refractivity contribution is -0.173. The van der Waals surface area contributed by atoms with Crippen LogP contribution in [0.5, 0.6) is 0 Å². The van der Waals surface area contributed by atoms with Crippen LogP contribution in [0.1, 0.15) is 40.1 Å². The van der Waals surface area contributed by atoms with Gasteiger partial charge < -0.3 is 10.6 Å². The van der Waals surface area contributed by atoms with Gasteiger partial charge in [0, 0.05) is 23.2 Å². The normalized spacial score (nSPS) is 18.4. The molecule has 0 saturated heterocycles. The first-order valence-electron chi connectivity index (χ1n) is 9.27. The van der Waals surface area contributed by atoms with Crippen LogP contribution in [0.3, 0.4) is 0 Å². The summed E-state index contributed by atoms with van der Waals surface area (Å²) in [5, 5.41) is 10.2. The van der Waals surface area contributed by atoms with Crippen molar-refractivity contribution in [2.45, 2.75) is 31.6 Å². The summed E-state index contributed by atoms with van der Waals surface area (Å²) in [5.74, 6) is -0.439. The molecule has 2 N–H and O–H groups in total. The fourth-order valence-electron chi connectivity index (χ4n) is 3.52. The number of nitrogens with one attached hydrogen (secondary N) is 2. The summed E-state index contributed by atoms with van der Waals surface area (Å²) >= 11 is 5.89. The maximum Gasteiger partial charge on any atom is 0.410 e. The van der Waals surface area contributed by atoms with Crippen LogP contribution in [-0.4, -0.2) is 21.9 Å². The van der Waals surface area contributed by atoms with Gasteiger partial charge in [-0.15, -0.1) is 0 Å². The maximum absolute atomic E-state index is 13.8. The average Bonchev–Trinajstić information content (AvgIpc) is 3.11.